The van der Waals surface area contributed by atoms with Crippen LogP contribution in [0.15, 0.2) is 20.2 Å². The fourth-order valence-electron chi connectivity index (χ4n) is 7.63. The molecule has 2 aliphatic heterocycles. The number of thioether (sulfide) groups is 2. The molecule has 0 amide bonds. The lowest BCUT2D eigenvalue weighted by atomic mass is 9.85. The molecule has 0 saturated heterocycles. The highest BCUT2D eigenvalue weighted by Crippen LogP contribution is 2.45. The molecule has 224 valence electrons. The SMILES string of the molecule is O=S(=O)(O)C1CC(N=NC2CCC(C3=NC4CCCCC4S3)C(S(=O)(=O)O)C2)CCC1C1=NC2CCCCC2S1. The molecule has 6 rings (SSSR count). The summed E-state index contributed by atoms with van der Waals surface area (Å²) in [5.74, 6) is -0.630. The van der Waals surface area contributed by atoms with Gasteiger partial charge in [0.25, 0.3) is 20.2 Å². The highest BCUT2D eigenvalue weighted by atomic mass is 32.2. The monoisotopic (exact) mass is 632 g/mol. The lowest BCUT2D eigenvalue weighted by molar-refractivity contribution is 0.334. The van der Waals surface area contributed by atoms with Crippen molar-refractivity contribution in [1.82, 2.24) is 0 Å². The van der Waals surface area contributed by atoms with Crippen LogP contribution in [0.4, 0.5) is 0 Å². The standard InChI is InChI=1S/C26H40N4O6S4/c31-39(32,33)23-13-15(9-11-17(23)25-27-19-5-1-3-7-21(19)37-25)29-30-16-10-12-18(24(14-16)40(34,35)36)26-28-20-6-2-4-8-22(20)38-26/h15-24H,1-14H2,(H,31,32,33)(H,34,35,36). The maximum absolute atomic E-state index is 12.4. The van der Waals surface area contributed by atoms with Crippen LogP contribution in [-0.2, 0) is 20.2 Å². The first-order valence-electron chi connectivity index (χ1n) is 14.9. The van der Waals surface area contributed by atoms with Gasteiger partial charge in [-0.05, 0) is 64.2 Å². The maximum Gasteiger partial charge on any atom is 0.268 e. The molecule has 4 fully saturated rings. The summed E-state index contributed by atoms with van der Waals surface area (Å²) >= 11 is 3.41. The summed E-state index contributed by atoms with van der Waals surface area (Å²) in [7, 11) is -8.60. The van der Waals surface area contributed by atoms with Crippen molar-refractivity contribution in [3.63, 3.8) is 0 Å². The van der Waals surface area contributed by atoms with E-state index in [-0.39, 0.29) is 48.8 Å². The third-order valence-electron chi connectivity index (χ3n) is 9.79. The Morgan fingerprint density at radius 1 is 0.600 bits per heavy atom. The van der Waals surface area contributed by atoms with Crippen LogP contribution in [0.1, 0.15) is 89.9 Å². The Balaban J connectivity index is 1.11. The Kier molecular flexibility index (Phi) is 8.75. The number of hydrogen-bond acceptors (Lipinski definition) is 10. The molecule has 0 bridgehead atoms. The van der Waals surface area contributed by atoms with Crippen molar-refractivity contribution in [2.45, 2.75) is 135 Å². The summed E-state index contributed by atoms with van der Waals surface area (Å²) in [6.07, 6.45) is 11.7. The Hall–Kier alpha value is -0.540. The molecule has 0 spiro atoms. The summed E-state index contributed by atoms with van der Waals surface area (Å²) in [6, 6.07) is -0.206. The molecule has 10 nitrogen and oxygen atoms in total. The van der Waals surface area contributed by atoms with Gasteiger partial charge in [0.1, 0.15) is 0 Å². The molecule has 2 heterocycles. The molecule has 0 aromatic rings. The number of nitrogens with zero attached hydrogens (tertiary/aromatic N) is 4. The fourth-order valence-corrected chi connectivity index (χ4v) is 13.3. The first kappa shape index (κ1) is 29.5. The lowest BCUT2D eigenvalue weighted by Gasteiger charge is -2.33. The third-order valence-corrected chi connectivity index (χ3v) is 15.4. The molecule has 14 heteroatoms. The third kappa shape index (κ3) is 6.36. The fraction of sp³-hybridized carbons (Fsp3) is 0.923. The van der Waals surface area contributed by atoms with E-state index in [9.17, 15) is 25.9 Å². The van der Waals surface area contributed by atoms with Crippen LogP contribution in [-0.4, -0.2) is 81.2 Å². The Bertz CT molecular complexity index is 1180. The molecule has 6 aliphatic rings. The van der Waals surface area contributed by atoms with Crippen LogP contribution < -0.4 is 0 Å². The Morgan fingerprint density at radius 3 is 1.38 bits per heavy atom. The van der Waals surface area contributed by atoms with Gasteiger partial charge in [0, 0.05) is 22.3 Å². The molecule has 0 aromatic heterocycles. The zero-order chi connectivity index (χ0) is 28.1. The Labute approximate surface area is 246 Å². The average Bonchev–Trinajstić information content (AvgIpc) is 3.55. The highest BCUT2D eigenvalue weighted by Gasteiger charge is 2.46. The molecule has 4 aliphatic carbocycles. The van der Waals surface area contributed by atoms with Crippen LogP contribution in [0.25, 0.3) is 0 Å². The van der Waals surface area contributed by atoms with Gasteiger partial charge in [-0.1, -0.05) is 25.7 Å². The van der Waals surface area contributed by atoms with Gasteiger partial charge < -0.3 is 0 Å². The molecule has 10 atom stereocenters. The molecular formula is C26H40N4O6S4. The summed E-state index contributed by atoms with van der Waals surface area (Å²) in [5, 5.41) is 9.66. The van der Waals surface area contributed by atoms with Gasteiger partial charge in [0.2, 0.25) is 0 Å². The van der Waals surface area contributed by atoms with Gasteiger partial charge in [-0.15, -0.1) is 23.5 Å². The van der Waals surface area contributed by atoms with Gasteiger partial charge in [-0.2, -0.15) is 27.1 Å². The summed E-state index contributed by atoms with van der Waals surface area (Å²) in [4.78, 5) is 9.79. The van der Waals surface area contributed by atoms with Gasteiger partial charge >= 0.3 is 0 Å². The first-order valence-corrected chi connectivity index (χ1v) is 19.6. The van der Waals surface area contributed by atoms with Crippen LogP contribution in [0.3, 0.4) is 0 Å². The molecule has 0 radical (unpaired) electrons. The quantitative estimate of drug-likeness (QED) is 0.299. The van der Waals surface area contributed by atoms with Crippen molar-refractivity contribution in [3.8, 4) is 0 Å². The summed E-state index contributed by atoms with van der Waals surface area (Å²) in [5.41, 5.74) is 0. The maximum atomic E-state index is 12.4. The first-order chi connectivity index (χ1) is 19.1. The minimum Gasteiger partial charge on any atom is -0.285 e. The predicted octanol–water partition coefficient (Wildman–Crippen LogP) is 5.20. The van der Waals surface area contributed by atoms with E-state index >= 15 is 0 Å². The topological polar surface area (TPSA) is 158 Å². The van der Waals surface area contributed by atoms with E-state index < -0.39 is 30.7 Å². The van der Waals surface area contributed by atoms with E-state index in [1.807, 2.05) is 0 Å². The molecule has 0 aromatic carbocycles. The van der Waals surface area contributed by atoms with Crippen molar-refractivity contribution in [2.24, 2.45) is 32.0 Å². The van der Waals surface area contributed by atoms with Gasteiger partial charge in [0.05, 0.1) is 44.8 Å². The van der Waals surface area contributed by atoms with Crippen molar-refractivity contribution in [3.05, 3.63) is 0 Å². The number of fused-ring (bicyclic) bond motifs is 2. The number of hydrogen-bond donors (Lipinski definition) is 2. The van der Waals surface area contributed by atoms with E-state index in [1.54, 1.807) is 23.5 Å². The second kappa shape index (κ2) is 11.9. The second-order valence-electron chi connectivity index (χ2n) is 12.4. The van der Waals surface area contributed by atoms with E-state index in [4.69, 9.17) is 9.98 Å². The van der Waals surface area contributed by atoms with E-state index in [2.05, 4.69) is 10.2 Å². The smallest absolute Gasteiger partial charge is 0.268 e. The zero-order valence-corrected chi connectivity index (χ0v) is 25.9. The molecular weight excluding hydrogens is 593 g/mol. The van der Waals surface area contributed by atoms with Crippen molar-refractivity contribution in [2.75, 3.05) is 0 Å². The Morgan fingerprint density at radius 2 is 1.00 bits per heavy atom. The highest BCUT2D eigenvalue weighted by molar-refractivity contribution is 8.15. The zero-order valence-electron chi connectivity index (χ0n) is 22.6. The largest absolute Gasteiger partial charge is 0.285 e. The predicted molar refractivity (Wildman–Crippen MR) is 160 cm³/mol. The second-order valence-corrected chi connectivity index (χ2v) is 18.2. The van der Waals surface area contributed by atoms with Crippen LogP contribution in [0, 0.1) is 11.8 Å². The van der Waals surface area contributed by atoms with Gasteiger partial charge in [-0.25, -0.2) is 0 Å². The normalized spacial score (nSPS) is 42.8. The van der Waals surface area contributed by atoms with E-state index in [1.165, 1.54) is 12.8 Å². The molecule has 2 N–H and O–H groups in total. The van der Waals surface area contributed by atoms with Gasteiger partial charge in [-0.3, -0.25) is 19.1 Å². The van der Waals surface area contributed by atoms with Gasteiger partial charge in [0.15, 0.2) is 0 Å². The lowest BCUT2D eigenvalue weighted by Crippen LogP contribution is -2.41. The minimum atomic E-state index is -4.30. The minimum absolute atomic E-state index is 0.176. The summed E-state index contributed by atoms with van der Waals surface area (Å²) in [6.45, 7) is 0. The van der Waals surface area contributed by atoms with E-state index in [0.717, 1.165) is 48.6 Å². The van der Waals surface area contributed by atoms with Crippen molar-refractivity contribution < 1.29 is 25.9 Å². The van der Waals surface area contributed by atoms with Crippen molar-refractivity contribution in [1.29, 1.82) is 0 Å². The molecule has 10 unspecified atom stereocenters. The molecule has 40 heavy (non-hydrogen) atoms. The van der Waals surface area contributed by atoms with Crippen molar-refractivity contribution >= 4 is 53.8 Å². The number of azo groups is 1. The molecule has 4 saturated carbocycles. The van der Waals surface area contributed by atoms with E-state index in [0.29, 0.717) is 36.2 Å². The number of aliphatic imine (C=N–C) groups is 2. The summed E-state index contributed by atoms with van der Waals surface area (Å²) < 4.78 is 70.0. The van der Waals surface area contributed by atoms with Crippen LogP contribution in [0.5, 0.6) is 0 Å². The average molecular weight is 633 g/mol. The number of rotatable bonds is 6. The van der Waals surface area contributed by atoms with Crippen LogP contribution in [0.2, 0.25) is 0 Å². The van der Waals surface area contributed by atoms with Crippen LogP contribution >= 0.6 is 23.5 Å².